The summed E-state index contributed by atoms with van der Waals surface area (Å²) in [6.45, 7) is 11.5. The Labute approximate surface area is 144 Å². The fourth-order valence-electron chi connectivity index (χ4n) is 2.71. The Kier molecular flexibility index (Phi) is 7.34. The van der Waals surface area contributed by atoms with Gasteiger partial charge in [-0.15, -0.1) is 0 Å². The number of aryl methyl sites for hydroxylation is 2. The van der Waals surface area contributed by atoms with Crippen LogP contribution in [0.3, 0.4) is 0 Å². The lowest BCUT2D eigenvalue weighted by Crippen LogP contribution is -2.40. The molecular formula is C18H29N3O3. The maximum Gasteiger partial charge on any atom is 0.317 e. The molecular weight excluding hydrogens is 306 g/mol. The summed E-state index contributed by atoms with van der Waals surface area (Å²) in [5.74, 6) is 0.850. The number of morpholine rings is 1. The zero-order valence-electron chi connectivity index (χ0n) is 15.0. The van der Waals surface area contributed by atoms with E-state index < -0.39 is 0 Å². The summed E-state index contributed by atoms with van der Waals surface area (Å²) in [5, 5.41) is 5.60. The summed E-state index contributed by atoms with van der Waals surface area (Å²) >= 11 is 0. The van der Waals surface area contributed by atoms with Gasteiger partial charge in [0.25, 0.3) is 0 Å². The Bertz CT molecular complexity index is 543. The van der Waals surface area contributed by atoms with Gasteiger partial charge in [-0.3, -0.25) is 4.90 Å². The van der Waals surface area contributed by atoms with Crippen LogP contribution in [0.1, 0.15) is 23.1 Å². The number of hydrogen-bond donors (Lipinski definition) is 2. The van der Waals surface area contributed by atoms with Gasteiger partial charge in [0.05, 0.1) is 13.2 Å². The molecule has 6 nitrogen and oxygen atoms in total. The molecule has 1 saturated heterocycles. The van der Waals surface area contributed by atoms with Crippen LogP contribution in [-0.2, 0) is 4.74 Å². The van der Waals surface area contributed by atoms with Crippen molar-refractivity contribution in [1.82, 2.24) is 15.5 Å². The van der Waals surface area contributed by atoms with Crippen molar-refractivity contribution >= 4 is 6.03 Å². The Morgan fingerprint density at radius 1 is 1.17 bits per heavy atom. The lowest BCUT2D eigenvalue weighted by atomic mass is 10.1. The van der Waals surface area contributed by atoms with Crippen LogP contribution in [0.15, 0.2) is 12.1 Å². The summed E-state index contributed by atoms with van der Waals surface area (Å²) in [6, 6.07) is 3.91. The van der Waals surface area contributed by atoms with Crippen molar-refractivity contribution in [3.05, 3.63) is 28.8 Å². The van der Waals surface area contributed by atoms with Gasteiger partial charge < -0.3 is 20.1 Å². The smallest absolute Gasteiger partial charge is 0.317 e. The Morgan fingerprint density at radius 2 is 1.88 bits per heavy atom. The predicted molar refractivity (Wildman–Crippen MR) is 94.6 cm³/mol. The van der Waals surface area contributed by atoms with E-state index >= 15 is 0 Å². The van der Waals surface area contributed by atoms with Crippen molar-refractivity contribution < 1.29 is 14.3 Å². The second-order valence-corrected chi connectivity index (χ2v) is 6.18. The van der Waals surface area contributed by atoms with Crippen LogP contribution in [0.5, 0.6) is 5.75 Å². The average Bonchev–Trinajstić information content (AvgIpc) is 2.59. The van der Waals surface area contributed by atoms with Gasteiger partial charge in [0.1, 0.15) is 5.75 Å². The van der Waals surface area contributed by atoms with E-state index in [-0.39, 0.29) is 12.8 Å². The fraction of sp³-hybridized carbons (Fsp3) is 0.611. The van der Waals surface area contributed by atoms with Gasteiger partial charge in [0.2, 0.25) is 0 Å². The van der Waals surface area contributed by atoms with Crippen LogP contribution in [0.2, 0.25) is 0 Å². The van der Waals surface area contributed by atoms with Gasteiger partial charge in [0, 0.05) is 19.6 Å². The quantitative estimate of drug-likeness (QED) is 0.591. The molecule has 1 aliphatic heterocycles. The molecule has 2 amide bonds. The number of amides is 2. The predicted octanol–water partition coefficient (Wildman–Crippen LogP) is 1.97. The molecule has 6 heteroatoms. The number of benzene rings is 1. The Morgan fingerprint density at radius 3 is 2.62 bits per heavy atom. The minimum Gasteiger partial charge on any atom is -0.473 e. The van der Waals surface area contributed by atoms with Crippen LogP contribution in [0, 0.1) is 20.8 Å². The Balaban J connectivity index is 1.60. The zero-order chi connectivity index (χ0) is 17.4. The number of hydrogen-bond acceptors (Lipinski definition) is 4. The molecule has 1 aromatic rings. The number of rotatable bonds is 7. The van der Waals surface area contributed by atoms with E-state index in [0.29, 0.717) is 6.54 Å². The third-order valence-corrected chi connectivity index (χ3v) is 4.36. The number of ether oxygens (including phenoxy) is 2. The number of carbonyl (C=O) groups is 1. The summed E-state index contributed by atoms with van der Waals surface area (Å²) in [7, 11) is 0. The number of urea groups is 1. The molecule has 0 spiro atoms. The normalized spacial score (nSPS) is 15.1. The summed E-state index contributed by atoms with van der Waals surface area (Å²) in [5.41, 5.74) is 3.37. The highest BCUT2D eigenvalue weighted by atomic mass is 16.5. The van der Waals surface area contributed by atoms with Crippen LogP contribution < -0.4 is 15.4 Å². The van der Waals surface area contributed by atoms with Crippen molar-refractivity contribution in [2.45, 2.75) is 27.2 Å². The maximum atomic E-state index is 11.8. The highest BCUT2D eigenvalue weighted by Crippen LogP contribution is 2.25. The second kappa shape index (κ2) is 9.49. The summed E-state index contributed by atoms with van der Waals surface area (Å²) < 4.78 is 11.0. The number of carbonyl (C=O) groups excluding carboxylic acids is 1. The van der Waals surface area contributed by atoms with Crippen LogP contribution in [0.4, 0.5) is 4.79 Å². The molecule has 1 fully saturated rings. The molecule has 0 atom stereocenters. The van der Waals surface area contributed by atoms with Crippen LogP contribution >= 0.6 is 0 Å². The molecule has 0 bridgehead atoms. The van der Waals surface area contributed by atoms with E-state index in [2.05, 4.69) is 28.5 Å². The molecule has 0 aliphatic carbocycles. The first-order valence-electron chi connectivity index (χ1n) is 8.59. The molecule has 0 aromatic heterocycles. The van der Waals surface area contributed by atoms with E-state index in [9.17, 15) is 4.79 Å². The molecule has 2 N–H and O–H groups in total. The van der Waals surface area contributed by atoms with Gasteiger partial charge in [-0.25, -0.2) is 4.79 Å². The molecule has 24 heavy (non-hydrogen) atoms. The third kappa shape index (κ3) is 5.69. The van der Waals surface area contributed by atoms with Gasteiger partial charge in [-0.05, 0) is 50.4 Å². The lowest BCUT2D eigenvalue weighted by molar-refractivity contribution is 0.0375. The van der Waals surface area contributed by atoms with Crippen molar-refractivity contribution in [2.75, 3.05) is 46.1 Å². The minimum atomic E-state index is -0.195. The second-order valence-electron chi connectivity index (χ2n) is 6.18. The van der Waals surface area contributed by atoms with Gasteiger partial charge in [-0.1, -0.05) is 12.1 Å². The minimum absolute atomic E-state index is 0.167. The highest BCUT2D eigenvalue weighted by Gasteiger charge is 2.10. The van der Waals surface area contributed by atoms with E-state index in [1.807, 2.05) is 19.9 Å². The molecule has 0 saturated carbocycles. The van der Waals surface area contributed by atoms with E-state index in [1.165, 1.54) is 5.56 Å². The molecule has 0 radical (unpaired) electrons. The third-order valence-electron chi connectivity index (χ3n) is 4.36. The summed E-state index contributed by atoms with van der Waals surface area (Å²) in [4.78, 5) is 14.1. The molecule has 0 unspecified atom stereocenters. The number of nitrogens with one attached hydrogen (secondary N) is 2. The first kappa shape index (κ1) is 18.5. The Hall–Kier alpha value is -1.79. The lowest BCUT2D eigenvalue weighted by Gasteiger charge is -2.26. The molecule has 134 valence electrons. The first-order valence-corrected chi connectivity index (χ1v) is 8.59. The van der Waals surface area contributed by atoms with E-state index in [0.717, 1.165) is 56.1 Å². The highest BCUT2D eigenvalue weighted by molar-refractivity contribution is 5.73. The van der Waals surface area contributed by atoms with E-state index in [4.69, 9.17) is 9.47 Å². The summed E-state index contributed by atoms with van der Waals surface area (Å²) in [6.07, 6.45) is 0.935. The van der Waals surface area contributed by atoms with Crippen molar-refractivity contribution in [1.29, 1.82) is 0 Å². The van der Waals surface area contributed by atoms with Crippen LogP contribution in [-0.4, -0.2) is 57.1 Å². The molecule has 1 aliphatic rings. The zero-order valence-corrected chi connectivity index (χ0v) is 15.0. The topological polar surface area (TPSA) is 62.8 Å². The van der Waals surface area contributed by atoms with Crippen molar-refractivity contribution in [3.63, 3.8) is 0 Å². The van der Waals surface area contributed by atoms with Gasteiger partial charge in [-0.2, -0.15) is 0 Å². The van der Waals surface area contributed by atoms with Crippen molar-refractivity contribution in [3.8, 4) is 5.75 Å². The first-order chi connectivity index (χ1) is 11.6. The largest absolute Gasteiger partial charge is 0.473 e. The fourth-order valence-corrected chi connectivity index (χ4v) is 2.71. The monoisotopic (exact) mass is 335 g/mol. The average molecular weight is 335 g/mol. The molecule has 2 rings (SSSR count). The standard InChI is InChI=1S/C18H29N3O3/c1-14-5-6-15(2)17(16(14)3)24-13-20-18(22)19-7-4-8-21-9-11-23-12-10-21/h5-6H,4,7-13H2,1-3H3,(H2,19,20,22). The maximum absolute atomic E-state index is 11.8. The SMILES string of the molecule is Cc1ccc(C)c(OCNC(=O)NCCCN2CCOCC2)c1C. The molecule has 1 aromatic carbocycles. The number of nitrogens with zero attached hydrogens (tertiary/aromatic N) is 1. The van der Waals surface area contributed by atoms with Crippen molar-refractivity contribution in [2.24, 2.45) is 0 Å². The van der Waals surface area contributed by atoms with E-state index in [1.54, 1.807) is 0 Å². The van der Waals surface area contributed by atoms with Gasteiger partial charge >= 0.3 is 6.03 Å². The molecule has 1 heterocycles. The van der Waals surface area contributed by atoms with Crippen LogP contribution in [0.25, 0.3) is 0 Å². The van der Waals surface area contributed by atoms with Gasteiger partial charge in [0.15, 0.2) is 6.73 Å².